The van der Waals surface area contributed by atoms with Crippen molar-refractivity contribution >= 4 is 17.6 Å². The first-order valence-corrected chi connectivity index (χ1v) is 10.8. The van der Waals surface area contributed by atoms with E-state index >= 15 is 0 Å². The van der Waals surface area contributed by atoms with Crippen LogP contribution >= 0.6 is 0 Å². The number of nitrogens with zero attached hydrogens (tertiary/aromatic N) is 6. The molecule has 12 heteroatoms. The van der Waals surface area contributed by atoms with Crippen LogP contribution in [0.15, 0.2) is 53.7 Å². The van der Waals surface area contributed by atoms with E-state index in [9.17, 15) is 4.79 Å². The fourth-order valence-corrected chi connectivity index (χ4v) is 3.13. The van der Waals surface area contributed by atoms with Crippen LogP contribution in [0.1, 0.15) is 37.4 Å². The van der Waals surface area contributed by atoms with Crippen LogP contribution in [0.2, 0.25) is 0 Å². The number of ether oxygens (including phenoxy) is 3. The minimum absolute atomic E-state index is 0.0566. The third-order valence-electron chi connectivity index (χ3n) is 4.84. The highest BCUT2D eigenvalue weighted by molar-refractivity contribution is 6.10. The number of hydrogen-bond acceptors (Lipinski definition) is 10. The van der Waals surface area contributed by atoms with Gasteiger partial charge in [0, 0.05) is 33.3 Å². The third kappa shape index (κ3) is 7.55. The molecule has 3 aromatic rings. The molecule has 0 bridgehead atoms. The largest absolute Gasteiger partial charge is 0.443 e. The SMILES string of the molecule is COC(CC(C)(C)OC(=O)Nc1cccc(CO/N=C(/c2ccccc2)c2nnnn2C)n1)OC. The van der Waals surface area contributed by atoms with Crippen molar-refractivity contribution < 1.29 is 23.8 Å². The molecule has 0 atom stereocenters. The van der Waals surface area contributed by atoms with E-state index in [4.69, 9.17) is 19.0 Å². The molecule has 186 valence electrons. The quantitative estimate of drug-likeness (QED) is 0.248. The normalized spacial score (nSPS) is 12.0. The first-order chi connectivity index (χ1) is 16.8. The second-order valence-corrected chi connectivity index (χ2v) is 8.10. The van der Waals surface area contributed by atoms with Crippen molar-refractivity contribution in [2.24, 2.45) is 12.2 Å². The summed E-state index contributed by atoms with van der Waals surface area (Å²) in [5, 5.41) is 18.4. The van der Waals surface area contributed by atoms with Crippen molar-refractivity contribution in [1.82, 2.24) is 25.2 Å². The van der Waals surface area contributed by atoms with Gasteiger partial charge in [0.05, 0.1) is 5.69 Å². The van der Waals surface area contributed by atoms with Crippen molar-refractivity contribution in [3.63, 3.8) is 0 Å². The number of carbonyl (C=O) groups is 1. The molecular formula is C23H29N7O5. The lowest BCUT2D eigenvalue weighted by Crippen LogP contribution is -2.35. The maximum atomic E-state index is 12.4. The van der Waals surface area contributed by atoms with Gasteiger partial charge in [-0.1, -0.05) is 41.6 Å². The van der Waals surface area contributed by atoms with E-state index in [-0.39, 0.29) is 6.61 Å². The van der Waals surface area contributed by atoms with Crippen LogP contribution in [-0.2, 0) is 32.7 Å². The molecule has 0 unspecified atom stereocenters. The zero-order chi connectivity index (χ0) is 25.3. The van der Waals surface area contributed by atoms with Gasteiger partial charge in [0.2, 0.25) is 5.82 Å². The highest BCUT2D eigenvalue weighted by Gasteiger charge is 2.27. The molecule has 0 radical (unpaired) electrons. The molecule has 0 saturated carbocycles. The van der Waals surface area contributed by atoms with Gasteiger partial charge in [-0.25, -0.2) is 14.5 Å². The molecule has 1 aromatic carbocycles. The first-order valence-electron chi connectivity index (χ1n) is 10.8. The van der Waals surface area contributed by atoms with Gasteiger partial charge in [0.1, 0.15) is 11.4 Å². The number of rotatable bonds is 11. The molecule has 12 nitrogen and oxygen atoms in total. The molecule has 1 amide bonds. The third-order valence-corrected chi connectivity index (χ3v) is 4.84. The van der Waals surface area contributed by atoms with Crippen molar-refractivity contribution in [3.8, 4) is 0 Å². The van der Waals surface area contributed by atoms with Crippen molar-refractivity contribution in [2.75, 3.05) is 19.5 Å². The molecular weight excluding hydrogens is 454 g/mol. The predicted molar refractivity (Wildman–Crippen MR) is 127 cm³/mol. The van der Waals surface area contributed by atoms with Crippen LogP contribution < -0.4 is 5.32 Å². The van der Waals surface area contributed by atoms with Crippen LogP contribution in [0.3, 0.4) is 0 Å². The van der Waals surface area contributed by atoms with Crippen LogP contribution in [-0.4, -0.2) is 63.1 Å². The van der Waals surface area contributed by atoms with Gasteiger partial charge in [0.25, 0.3) is 0 Å². The summed E-state index contributed by atoms with van der Waals surface area (Å²) in [7, 11) is 4.77. The summed E-state index contributed by atoms with van der Waals surface area (Å²) < 4.78 is 17.4. The summed E-state index contributed by atoms with van der Waals surface area (Å²) in [5.74, 6) is 0.765. The Morgan fingerprint density at radius 3 is 2.51 bits per heavy atom. The van der Waals surface area contributed by atoms with Gasteiger partial charge in [-0.05, 0) is 36.4 Å². The summed E-state index contributed by atoms with van der Waals surface area (Å²) >= 11 is 0. The van der Waals surface area contributed by atoms with E-state index < -0.39 is 18.0 Å². The molecule has 2 heterocycles. The van der Waals surface area contributed by atoms with Gasteiger partial charge in [-0.15, -0.1) is 5.10 Å². The van der Waals surface area contributed by atoms with E-state index in [0.717, 1.165) is 5.56 Å². The minimum atomic E-state index is -0.821. The number of pyridine rings is 1. The number of methoxy groups -OCH3 is 2. The molecule has 0 fully saturated rings. The number of carbonyl (C=O) groups excluding carboxylic acids is 1. The van der Waals surface area contributed by atoms with Gasteiger partial charge in [-0.2, -0.15) is 0 Å². The summed E-state index contributed by atoms with van der Waals surface area (Å²) in [5.41, 5.74) is 0.999. The lowest BCUT2D eigenvalue weighted by atomic mass is 10.1. The van der Waals surface area contributed by atoms with Crippen molar-refractivity contribution in [3.05, 3.63) is 65.6 Å². The monoisotopic (exact) mass is 483 g/mol. The predicted octanol–water partition coefficient (Wildman–Crippen LogP) is 2.91. The molecule has 0 saturated heterocycles. The average Bonchev–Trinajstić information content (AvgIpc) is 3.26. The van der Waals surface area contributed by atoms with Crippen LogP contribution in [0.25, 0.3) is 0 Å². The molecule has 3 rings (SSSR count). The Bertz CT molecular complexity index is 1130. The topological polar surface area (TPSA) is 135 Å². The summed E-state index contributed by atoms with van der Waals surface area (Å²) in [4.78, 5) is 22.3. The Kier molecular flexibility index (Phi) is 8.81. The molecule has 1 N–H and O–H groups in total. The number of benzene rings is 1. The van der Waals surface area contributed by atoms with E-state index in [1.807, 2.05) is 30.3 Å². The van der Waals surface area contributed by atoms with E-state index in [0.29, 0.717) is 29.5 Å². The molecule has 0 spiro atoms. The maximum absolute atomic E-state index is 12.4. The van der Waals surface area contributed by atoms with E-state index in [1.54, 1.807) is 39.1 Å². The number of oxime groups is 1. The van der Waals surface area contributed by atoms with Crippen LogP contribution in [0, 0.1) is 0 Å². The Balaban J connectivity index is 1.64. The number of aryl methyl sites for hydroxylation is 1. The maximum Gasteiger partial charge on any atom is 0.413 e. The number of hydrogen-bond donors (Lipinski definition) is 1. The van der Waals surface area contributed by atoms with Gasteiger partial charge < -0.3 is 19.0 Å². The van der Waals surface area contributed by atoms with Gasteiger partial charge in [0.15, 0.2) is 18.6 Å². The summed E-state index contributed by atoms with van der Waals surface area (Å²) in [6, 6.07) is 14.6. The van der Waals surface area contributed by atoms with Crippen LogP contribution in [0.4, 0.5) is 10.6 Å². The Labute approximate surface area is 203 Å². The zero-order valence-electron chi connectivity index (χ0n) is 20.3. The summed E-state index contributed by atoms with van der Waals surface area (Å²) in [6.45, 7) is 3.59. The highest BCUT2D eigenvalue weighted by atomic mass is 16.7. The average molecular weight is 484 g/mol. The Morgan fingerprint density at radius 1 is 1.11 bits per heavy atom. The molecule has 0 aliphatic carbocycles. The number of nitrogens with one attached hydrogen (secondary N) is 1. The highest BCUT2D eigenvalue weighted by Crippen LogP contribution is 2.20. The summed E-state index contributed by atoms with van der Waals surface area (Å²) in [6.07, 6.45) is -0.780. The lowest BCUT2D eigenvalue weighted by molar-refractivity contribution is -0.136. The number of tetrazole rings is 1. The molecule has 2 aromatic heterocycles. The molecule has 0 aliphatic rings. The second-order valence-electron chi connectivity index (χ2n) is 8.10. The number of anilines is 1. The van der Waals surface area contributed by atoms with Crippen molar-refractivity contribution in [1.29, 1.82) is 0 Å². The Hall–Kier alpha value is -3.90. The number of amides is 1. The zero-order valence-corrected chi connectivity index (χ0v) is 20.3. The lowest BCUT2D eigenvalue weighted by Gasteiger charge is -2.28. The Morgan fingerprint density at radius 2 is 1.86 bits per heavy atom. The minimum Gasteiger partial charge on any atom is -0.443 e. The fourth-order valence-electron chi connectivity index (χ4n) is 3.13. The van der Waals surface area contributed by atoms with Gasteiger partial charge >= 0.3 is 6.09 Å². The van der Waals surface area contributed by atoms with E-state index in [2.05, 4.69) is 31.0 Å². The van der Waals surface area contributed by atoms with Gasteiger partial charge in [-0.3, -0.25) is 5.32 Å². The number of aromatic nitrogens is 5. The first kappa shape index (κ1) is 25.7. The van der Waals surface area contributed by atoms with Crippen molar-refractivity contribution in [2.45, 2.75) is 38.8 Å². The molecule has 0 aliphatic heterocycles. The second kappa shape index (κ2) is 12.0. The smallest absolute Gasteiger partial charge is 0.413 e. The fraction of sp³-hybridized carbons (Fsp3) is 0.391. The standard InChI is InChI=1S/C23H29N7O5/c1-23(2,14-19(32-4)33-5)35-22(31)25-18-13-9-12-17(24-18)15-34-27-20(16-10-7-6-8-11-16)21-26-28-29-30(21)3/h6-13,19H,14-15H2,1-5H3,(H,24,25,31)/b27-20-. The van der Waals surface area contributed by atoms with Crippen LogP contribution in [0.5, 0.6) is 0 Å². The molecule has 35 heavy (non-hydrogen) atoms. The van der Waals surface area contributed by atoms with E-state index in [1.165, 1.54) is 18.9 Å².